The molecule has 1 saturated carbocycles. The molecule has 170 valence electrons. The van der Waals surface area contributed by atoms with Gasteiger partial charge in [0.1, 0.15) is 11.4 Å². The molecule has 0 aliphatic heterocycles. The number of ether oxygens (including phenoxy) is 1. The molecule has 2 heterocycles. The van der Waals surface area contributed by atoms with Gasteiger partial charge in [0.05, 0.1) is 23.2 Å². The van der Waals surface area contributed by atoms with E-state index in [0.717, 1.165) is 0 Å². The number of carbonyl (C=O) groups is 3. The standard InChI is InChI=1S/C23H22ClN5O4/c24-17-10-11-25-12-18(17)29-21(30)14-6-8-15(9-7-14)28-22(31)19-20(27-13-26-19)23(32)33-16-4-2-1-3-5-16/h1-5,10-15H,6-9H2,(H,26,27)(H,28,31)(H,29,30)/t14-,15-. The number of imidazole rings is 1. The van der Waals surface area contributed by atoms with Crippen LogP contribution in [0.3, 0.4) is 0 Å². The molecule has 0 radical (unpaired) electrons. The minimum atomic E-state index is -0.720. The van der Waals surface area contributed by atoms with Gasteiger partial charge in [-0.2, -0.15) is 0 Å². The fourth-order valence-corrected chi connectivity index (χ4v) is 3.88. The number of nitrogens with one attached hydrogen (secondary N) is 3. The van der Waals surface area contributed by atoms with E-state index in [1.54, 1.807) is 42.6 Å². The predicted molar refractivity (Wildman–Crippen MR) is 121 cm³/mol. The summed E-state index contributed by atoms with van der Waals surface area (Å²) in [5.41, 5.74) is 0.438. The van der Waals surface area contributed by atoms with E-state index < -0.39 is 11.9 Å². The second-order valence-corrected chi connectivity index (χ2v) is 8.10. The van der Waals surface area contributed by atoms with Gasteiger partial charge < -0.3 is 20.4 Å². The minimum absolute atomic E-state index is 0.0435. The molecule has 1 fully saturated rings. The molecule has 10 heteroatoms. The molecule has 1 aliphatic rings. The number of carbonyl (C=O) groups excluding carboxylic acids is 3. The third-order valence-corrected chi connectivity index (χ3v) is 5.80. The molecule has 3 N–H and O–H groups in total. The highest BCUT2D eigenvalue weighted by Gasteiger charge is 2.29. The molecule has 0 atom stereocenters. The number of hydrogen-bond acceptors (Lipinski definition) is 6. The molecule has 0 unspecified atom stereocenters. The van der Waals surface area contributed by atoms with Crippen LogP contribution in [-0.4, -0.2) is 38.8 Å². The predicted octanol–water partition coefficient (Wildman–Crippen LogP) is 3.60. The van der Waals surface area contributed by atoms with Crippen molar-refractivity contribution in [3.8, 4) is 5.75 Å². The average Bonchev–Trinajstić information content (AvgIpc) is 3.32. The fourth-order valence-electron chi connectivity index (χ4n) is 3.73. The number of aromatic amines is 1. The van der Waals surface area contributed by atoms with Crippen LogP contribution in [-0.2, 0) is 4.79 Å². The number of para-hydroxylation sites is 1. The Hall–Kier alpha value is -3.72. The van der Waals surface area contributed by atoms with Gasteiger partial charge in [0.25, 0.3) is 5.91 Å². The molecule has 0 bridgehead atoms. The number of halogens is 1. The molecule has 3 aromatic rings. The lowest BCUT2D eigenvalue weighted by Gasteiger charge is -2.28. The highest BCUT2D eigenvalue weighted by molar-refractivity contribution is 6.33. The third kappa shape index (κ3) is 5.56. The minimum Gasteiger partial charge on any atom is -0.422 e. The molecule has 2 amide bonds. The lowest BCUT2D eigenvalue weighted by Crippen LogP contribution is -2.40. The Balaban J connectivity index is 1.30. The van der Waals surface area contributed by atoms with E-state index in [1.165, 1.54) is 12.5 Å². The van der Waals surface area contributed by atoms with E-state index in [9.17, 15) is 14.4 Å². The highest BCUT2D eigenvalue weighted by Crippen LogP contribution is 2.27. The van der Waals surface area contributed by atoms with Gasteiger partial charge in [-0.3, -0.25) is 14.6 Å². The number of esters is 1. The van der Waals surface area contributed by atoms with Gasteiger partial charge in [-0.25, -0.2) is 9.78 Å². The van der Waals surface area contributed by atoms with Crippen LogP contribution in [0, 0.1) is 5.92 Å². The smallest absolute Gasteiger partial charge is 0.364 e. The van der Waals surface area contributed by atoms with Crippen molar-refractivity contribution in [3.63, 3.8) is 0 Å². The topological polar surface area (TPSA) is 126 Å². The van der Waals surface area contributed by atoms with Gasteiger partial charge in [0.2, 0.25) is 5.91 Å². The lowest BCUT2D eigenvalue weighted by molar-refractivity contribution is -0.120. The maximum atomic E-state index is 12.8. The van der Waals surface area contributed by atoms with Crippen LogP contribution in [0.4, 0.5) is 5.69 Å². The number of pyridine rings is 1. The number of aromatic nitrogens is 3. The van der Waals surface area contributed by atoms with Gasteiger partial charge >= 0.3 is 5.97 Å². The van der Waals surface area contributed by atoms with Crippen molar-refractivity contribution in [2.75, 3.05) is 5.32 Å². The summed E-state index contributed by atoms with van der Waals surface area (Å²) in [6.45, 7) is 0. The fraction of sp³-hybridized carbons (Fsp3) is 0.261. The first-order chi connectivity index (χ1) is 16.0. The van der Waals surface area contributed by atoms with Crippen LogP contribution in [0.15, 0.2) is 55.1 Å². The molecular weight excluding hydrogens is 446 g/mol. The van der Waals surface area contributed by atoms with Gasteiger partial charge in [0.15, 0.2) is 5.69 Å². The molecule has 1 aromatic carbocycles. The van der Waals surface area contributed by atoms with Crippen molar-refractivity contribution in [2.45, 2.75) is 31.7 Å². The first kappa shape index (κ1) is 22.5. The molecule has 0 saturated heterocycles. The number of benzene rings is 1. The summed E-state index contributed by atoms with van der Waals surface area (Å²) in [5, 5.41) is 6.16. The largest absolute Gasteiger partial charge is 0.422 e. The quantitative estimate of drug-likeness (QED) is 0.375. The Labute approximate surface area is 194 Å². The summed E-state index contributed by atoms with van der Waals surface area (Å²) in [5.74, 6) is -1.10. The summed E-state index contributed by atoms with van der Waals surface area (Å²) < 4.78 is 5.28. The Morgan fingerprint density at radius 2 is 1.82 bits per heavy atom. The summed E-state index contributed by atoms with van der Waals surface area (Å²) >= 11 is 6.07. The number of nitrogens with zero attached hydrogens (tertiary/aromatic N) is 2. The number of H-pyrrole nitrogens is 1. The second kappa shape index (κ2) is 10.3. The molecule has 1 aliphatic carbocycles. The summed E-state index contributed by atoms with van der Waals surface area (Å²) in [4.78, 5) is 48.4. The van der Waals surface area contributed by atoms with Gasteiger partial charge in [-0.05, 0) is 43.9 Å². The van der Waals surface area contributed by atoms with E-state index in [0.29, 0.717) is 42.1 Å². The van der Waals surface area contributed by atoms with Crippen LogP contribution in [0.5, 0.6) is 5.75 Å². The van der Waals surface area contributed by atoms with Crippen molar-refractivity contribution in [1.29, 1.82) is 0 Å². The second-order valence-electron chi connectivity index (χ2n) is 7.70. The van der Waals surface area contributed by atoms with Crippen LogP contribution in [0.25, 0.3) is 0 Å². The normalized spacial score (nSPS) is 17.7. The van der Waals surface area contributed by atoms with Gasteiger partial charge in [-0.1, -0.05) is 29.8 Å². The third-order valence-electron chi connectivity index (χ3n) is 5.47. The van der Waals surface area contributed by atoms with Crippen LogP contribution >= 0.6 is 11.6 Å². The number of hydrogen-bond donors (Lipinski definition) is 3. The van der Waals surface area contributed by atoms with Crippen molar-refractivity contribution < 1.29 is 19.1 Å². The first-order valence-corrected chi connectivity index (χ1v) is 10.9. The number of anilines is 1. The van der Waals surface area contributed by atoms with E-state index in [4.69, 9.17) is 16.3 Å². The van der Waals surface area contributed by atoms with Crippen LogP contribution < -0.4 is 15.4 Å². The first-order valence-electron chi connectivity index (χ1n) is 10.5. The Morgan fingerprint density at radius 1 is 1.06 bits per heavy atom. The number of rotatable bonds is 6. The Bertz CT molecular complexity index is 1140. The van der Waals surface area contributed by atoms with Crippen molar-refractivity contribution in [2.24, 2.45) is 5.92 Å². The van der Waals surface area contributed by atoms with Crippen molar-refractivity contribution in [1.82, 2.24) is 20.3 Å². The molecular formula is C23H22ClN5O4. The zero-order valence-corrected chi connectivity index (χ0v) is 18.3. The van der Waals surface area contributed by atoms with Crippen molar-refractivity contribution in [3.05, 3.63) is 71.5 Å². The van der Waals surface area contributed by atoms with Crippen LogP contribution in [0.2, 0.25) is 5.02 Å². The summed E-state index contributed by atoms with van der Waals surface area (Å²) in [6.07, 6.45) is 6.82. The van der Waals surface area contributed by atoms with E-state index in [-0.39, 0.29) is 29.3 Å². The molecule has 9 nitrogen and oxygen atoms in total. The van der Waals surface area contributed by atoms with Gasteiger partial charge in [-0.15, -0.1) is 0 Å². The lowest BCUT2D eigenvalue weighted by atomic mass is 9.85. The maximum Gasteiger partial charge on any atom is 0.364 e. The van der Waals surface area contributed by atoms with E-state index in [2.05, 4.69) is 25.6 Å². The average molecular weight is 468 g/mol. The SMILES string of the molecule is O=C(Oc1ccccc1)c1nc[nH]c1C(=O)N[C@H]1CC[C@H](C(=O)Nc2cnccc2Cl)CC1. The highest BCUT2D eigenvalue weighted by atomic mass is 35.5. The zero-order chi connectivity index (χ0) is 23.2. The summed E-state index contributed by atoms with van der Waals surface area (Å²) in [7, 11) is 0. The molecule has 4 rings (SSSR count). The molecule has 33 heavy (non-hydrogen) atoms. The van der Waals surface area contributed by atoms with Crippen molar-refractivity contribution >= 4 is 35.1 Å². The Morgan fingerprint density at radius 3 is 2.55 bits per heavy atom. The maximum absolute atomic E-state index is 12.8. The zero-order valence-electron chi connectivity index (χ0n) is 17.6. The summed E-state index contributed by atoms with van der Waals surface area (Å²) in [6, 6.07) is 10.1. The van der Waals surface area contributed by atoms with E-state index >= 15 is 0 Å². The Kier molecular flexibility index (Phi) is 6.99. The van der Waals surface area contributed by atoms with E-state index in [1.807, 2.05) is 0 Å². The molecule has 2 aromatic heterocycles. The van der Waals surface area contributed by atoms with Gasteiger partial charge in [0, 0.05) is 18.2 Å². The van der Waals surface area contributed by atoms with Crippen LogP contribution in [0.1, 0.15) is 46.7 Å². The number of amides is 2. The monoisotopic (exact) mass is 467 g/mol. The molecule has 0 spiro atoms.